The van der Waals surface area contributed by atoms with Gasteiger partial charge in [-0.1, -0.05) is 23.7 Å². The Kier molecular flexibility index (Phi) is 5.87. The Morgan fingerprint density at radius 1 is 1.12 bits per heavy atom. The van der Waals surface area contributed by atoms with E-state index in [-0.39, 0.29) is 12.3 Å². The first-order valence-electron chi connectivity index (χ1n) is 9.21. The van der Waals surface area contributed by atoms with Gasteiger partial charge in [0.15, 0.2) is 0 Å². The molecular weight excluding hydrogens is 340 g/mol. The second-order valence-corrected chi connectivity index (χ2v) is 7.53. The molecule has 0 spiro atoms. The lowest BCUT2D eigenvalue weighted by Gasteiger charge is -2.47. The predicted molar refractivity (Wildman–Crippen MR) is 97.3 cm³/mol. The van der Waals surface area contributed by atoms with Gasteiger partial charge in [-0.15, -0.1) is 0 Å². The van der Waals surface area contributed by atoms with Crippen molar-refractivity contribution >= 4 is 11.6 Å². The topological polar surface area (TPSA) is 66.6 Å². The van der Waals surface area contributed by atoms with Crippen LogP contribution in [0.25, 0.3) is 0 Å². The Morgan fingerprint density at radius 2 is 2.00 bits per heavy atom. The van der Waals surface area contributed by atoms with E-state index in [9.17, 15) is 0 Å². The molecular formula is C18H27ClN4O2. The predicted octanol–water partition coefficient (Wildman–Crippen LogP) is 1.05. The van der Waals surface area contributed by atoms with Gasteiger partial charge >= 0.3 is 0 Å². The van der Waals surface area contributed by atoms with E-state index in [0.29, 0.717) is 37.7 Å². The molecule has 5 atom stereocenters. The summed E-state index contributed by atoms with van der Waals surface area (Å²) < 4.78 is 11.2. The van der Waals surface area contributed by atoms with Crippen LogP contribution < -0.4 is 21.5 Å². The van der Waals surface area contributed by atoms with Crippen molar-refractivity contribution in [3.05, 3.63) is 34.9 Å². The number of fused-ring (bicyclic) bond motifs is 1. The highest BCUT2D eigenvalue weighted by molar-refractivity contribution is 6.30. The van der Waals surface area contributed by atoms with Gasteiger partial charge in [0.1, 0.15) is 0 Å². The van der Waals surface area contributed by atoms with Gasteiger partial charge in [-0.3, -0.25) is 5.32 Å². The zero-order chi connectivity index (χ0) is 17.1. The van der Waals surface area contributed by atoms with Gasteiger partial charge < -0.3 is 14.8 Å². The SMILES string of the molecule is Clc1ccc(C2NNC(NC[C@@H]3COCCO3)C3CNCCC23)cc1. The highest BCUT2D eigenvalue weighted by atomic mass is 35.5. The molecule has 138 valence electrons. The van der Waals surface area contributed by atoms with Gasteiger partial charge in [-0.2, -0.15) is 0 Å². The van der Waals surface area contributed by atoms with Crippen LogP contribution >= 0.6 is 11.6 Å². The van der Waals surface area contributed by atoms with Crippen molar-refractivity contribution in [2.24, 2.45) is 11.8 Å². The van der Waals surface area contributed by atoms with Crippen LogP contribution in [-0.2, 0) is 9.47 Å². The largest absolute Gasteiger partial charge is 0.376 e. The molecule has 3 fully saturated rings. The molecule has 0 aliphatic carbocycles. The first-order valence-corrected chi connectivity index (χ1v) is 9.59. The van der Waals surface area contributed by atoms with Crippen molar-refractivity contribution < 1.29 is 9.47 Å². The van der Waals surface area contributed by atoms with E-state index in [1.54, 1.807) is 0 Å². The maximum Gasteiger partial charge on any atom is 0.0934 e. The third kappa shape index (κ3) is 4.17. The molecule has 3 aliphatic heterocycles. The van der Waals surface area contributed by atoms with Crippen LogP contribution in [0.3, 0.4) is 0 Å². The number of hydrogen-bond donors (Lipinski definition) is 4. The maximum atomic E-state index is 6.05. The smallest absolute Gasteiger partial charge is 0.0934 e. The summed E-state index contributed by atoms with van der Waals surface area (Å²) in [5.41, 5.74) is 8.32. The summed E-state index contributed by atoms with van der Waals surface area (Å²) in [6.07, 6.45) is 1.51. The summed E-state index contributed by atoms with van der Waals surface area (Å²) in [5.74, 6) is 1.09. The zero-order valence-corrected chi connectivity index (χ0v) is 15.1. The number of hydrazine groups is 1. The molecule has 4 unspecified atom stereocenters. The van der Waals surface area contributed by atoms with E-state index in [4.69, 9.17) is 21.1 Å². The quantitative estimate of drug-likeness (QED) is 0.638. The van der Waals surface area contributed by atoms with Gasteiger partial charge in [-0.25, -0.2) is 10.9 Å². The fraction of sp³-hybridized carbons (Fsp3) is 0.667. The van der Waals surface area contributed by atoms with Crippen molar-refractivity contribution in [1.29, 1.82) is 0 Å². The Labute approximate surface area is 153 Å². The minimum absolute atomic E-state index is 0.138. The van der Waals surface area contributed by atoms with Crippen molar-refractivity contribution in [2.45, 2.75) is 24.7 Å². The van der Waals surface area contributed by atoms with Crippen LogP contribution in [0.4, 0.5) is 0 Å². The average Bonchev–Trinajstić information content (AvgIpc) is 2.68. The third-order valence-corrected chi connectivity index (χ3v) is 5.77. The van der Waals surface area contributed by atoms with Crippen molar-refractivity contribution in [2.75, 3.05) is 39.5 Å². The molecule has 4 N–H and O–H groups in total. The van der Waals surface area contributed by atoms with Crippen LogP contribution in [0.15, 0.2) is 24.3 Å². The molecule has 0 saturated carbocycles. The Morgan fingerprint density at radius 3 is 2.80 bits per heavy atom. The third-order valence-electron chi connectivity index (χ3n) is 5.51. The van der Waals surface area contributed by atoms with Crippen LogP contribution in [0.2, 0.25) is 5.02 Å². The van der Waals surface area contributed by atoms with Gasteiger partial charge in [0, 0.05) is 30.1 Å². The van der Waals surface area contributed by atoms with Crippen molar-refractivity contribution in [1.82, 2.24) is 21.5 Å². The van der Waals surface area contributed by atoms with Gasteiger partial charge in [0.05, 0.1) is 32.1 Å². The number of piperidine rings is 1. The number of hydrogen-bond acceptors (Lipinski definition) is 6. The van der Waals surface area contributed by atoms with Crippen molar-refractivity contribution in [3.8, 4) is 0 Å². The Balaban J connectivity index is 1.41. The van der Waals surface area contributed by atoms with E-state index in [0.717, 1.165) is 31.1 Å². The van der Waals surface area contributed by atoms with Gasteiger partial charge in [0.25, 0.3) is 0 Å². The lowest BCUT2D eigenvalue weighted by Crippen LogP contribution is -2.66. The van der Waals surface area contributed by atoms with Gasteiger partial charge in [0.2, 0.25) is 0 Å². The van der Waals surface area contributed by atoms with E-state index in [1.165, 1.54) is 5.56 Å². The zero-order valence-electron chi connectivity index (χ0n) is 14.3. The monoisotopic (exact) mass is 366 g/mol. The number of nitrogens with one attached hydrogen (secondary N) is 4. The molecule has 4 rings (SSSR count). The minimum Gasteiger partial charge on any atom is -0.376 e. The molecule has 3 heterocycles. The highest BCUT2D eigenvalue weighted by Gasteiger charge is 2.41. The second-order valence-electron chi connectivity index (χ2n) is 7.09. The summed E-state index contributed by atoms with van der Waals surface area (Å²) in [4.78, 5) is 0. The second kappa shape index (κ2) is 8.31. The van der Waals surface area contributed by atoms with Crippen molar-refractivity contribution in [3.63, 3.8) is 0 Å². The summed E-state index contributed by atoms with van der Waals surface area (Å²) in [6, 6.07) is 8.50. The normalized spacial score (nSPS) is 36.0. The summed E-state index contributed by atoms with van der Waals surface area (Å²) in [7, 11) is 0. The molecule has 6 nitrogen and oxygen atoms in total. The van der Waals surface area contributed by atoms with E-state index < -0.39 is 0 Å². The number of halogens is 1. The first-order chi connectivity index (χ1) is 12.3. The molecule has 0 radical (unpaired) electrons. The van der Waals surface area contributed by atoms with Crippen LogP contribution in [-0.4, -0.2) is 51.7 Å². The molecule has 0 bridgehead atoms. The van der Waals surface area contributed by atoms with E-state index >= 15 is 0 Å². The molecule has 1 aromatic carbocycles. The maximum absolute atomic E-state index is 6.05. The molecule has 0 aromatic heterocycles. The van der Waals surface area contributed by atoms with E-state index in [2.05, 4.69) is 33.6 Å². The molecule has 0 amide bonds. The molecule has 7 heteroatoms. The summed E-state index contributed by atoms with van der Waals surface area (Å²) >= 11 is 6.05. The lowest BCUT2D eigenvalue weighted by molar-refractivity contribution is -0.0892. The lowest BCUT2D eigenvalue weighted by atomic mass is 9.75. The molecule has 25 heavy (non-hydrogen) atoms. The standard InChI is InChI=1S/C18H27ClN4O2/c19-13-3-1-12(2-4-13)17-15-5-6-20-10-16(15)18(23-22-17)21-9-14-11-24-7-8-25-14/h1-4,14-18,20-23H,5-11H2/t14-,15?,16?,17?,18?/m1/s1. The van der Waals surface area contributed by atoms with Crippen LogP contribution in [0, 0.1) is 11.8 Å². The number of ether oxygens (including phenoxy) is 2. The summed E-state index contributed by atoms with van der Waals surface area (Å²) in [6.45, 7) is 4.95. The van der Waals surface area contributed by atoms with Crippen LogP contribution in [0.5, 0.6) is 0 Å². The van der Waals surface area contributed by atoms with E-state index in [1.807, 2.05) is 12.1 Å². The number of rotatable bonds is 4. The minimum atomic E-state index is 0.138. The molecule has 3 aliphatic rings. The number of benzene rings is 1. The average molecular weight is 367 g/mol. The fourth-order valence-corrected chi connectivity index (χ4v) is 4.32. The molecule has 1 aromatic rings. The Bertz CT molecular complexity index is 553. The summed E-state index contributed by atoms with van der Waals surface area (Å²) in [5, 5.41) is 7.96. The first kappa shape index (κ1) is 17.7. The highest BCUT2D eigenvalue weighted by Crippen LogP contribution is 2.36. The van der Waals surface area contributed by atoms with Crippen LogP contribution in [0.1, 0.15) is 18.0 Å². The Hall–Kier alpha value is -0.730. The molecule has 3 saturated heterocycles. The fourth-order valence-electron chi connectivity index (χ4n) is 4.19. The van der Waals surface area contributed by atoms with Gasteiger partial charge in [-0.05, 0) is 36.6 Å².